The van der Waals surface area contributed by atoms with Crippen LogP contribution in [0.15, 0.2) is 40.8 Å². The molecule has 0 fully saturated rings. The van der Waals surface area contributed by atoms with Crippen LogP contribution in [0.1, 0.15) is 28.9 Å². The molecular weight excluding hydrogens is 585 g/mol. The third-order valence-corrected chi connectivity index (χ3v) is 8.12. The summed E-state index contributed by atoms with van der Waals surface area (Å²) in [5.74, 6) is -0.660. The van der Waals surface area contributed by atoms with Crippen molar-refractivity contribution in [3.63, 3.8) is 0 Å². The molecule has 0 radical (unpaired) electrons. The topological polar surface area (TPSA) is 137 Å². The second-order valence-corrected chi connectivity index (χ2v) is 12.0. The molecule has 0 bridgehead atoms. The largest absolute Gasteiger partial charge is 0.455 e. The molecule has 43 heavy (non-hydrogen) atoms. The summed E-state index contributed by atoms with van der Waals surface area (Å²) in [7, 11) is 0.784. The van der Waals surface area contributed by atoms with Gasteiger partial charge in [-0.1, -0.05) is 0 Å². The second kappa shape index (κ2) is 13.7. The van der Waals surface area contributed by atoms with E-state index < -0.39 is 40.0 Å². The van der Waals surface area contributed by atoms with E-state index in [0.717, 1.165) is 6.26 Å². The fourth-order valence-corrected chi connectivity index (χ4v) is 5.70. The molecule has 1 aliphatic rings. The van der Waals surface area contributed by atoms with Crippen molar-refractivity contribution in [2.24, 2.45) is 0 Å². The van der Waals surface area contributed by atoms with Gasteiger partial charge in [0, 0.05) is 50.3 Å². The van der Waals surface area contributed by atoms with E-state index in [-0.39, 0.29) is 36.6 Å². The predicted molar refractivity (Wildman–Crippen MR) is 157 cm³/mol. The van der Waals surface area contributed by atoms with E-state index in [4.69, 9.17) is 23.4 Å². The Kier molecular flexibility index (Phi) is 10.3. The van der Waals surface area contributed by atoms with Gasteiger partial charge in [-0.3, -0.25) is 9.10 Å². The Morgan fingerprint density at radius 3 is 2.53 bits per heavy atom. The molecule has 2 heterocycles. The fourth-order valence-electron chi connectivity index (χ4n) is 4.75. The van der Waals surface area contributed by atoms with Gasteiger partial charge in [0.2, 0.25) is 10.0 Å². The third-order valence-electron chi connectivity index (χ3n) is 6.98. The van der Waals surface area contributed by atoms with Gasteiger partial charge < -0.3 is 33.6 Å². The summed E-state index contributed by atoms with van der Waals surface area (Å²) in [5.41, 5.74) is 1.76. The predicted octanol–water partition coefficient (Wildman–Crippen LogP) is 3.56. The summed E-state index contributed by atoms with van der Waals surface area (Å²) in [6.45, 7) is 2.84. The van der Waals surface area contributed by atoms with Crippen molar-refractivity contribution in [3.05, 3.63) is 53.3 Å². The number of sulfonamides is 1. The number of nitrogens with one attached hydrogen (secondary N) is 1. The maximum absolute atomic E-state index is 13.6. The number of halogens is 1. The van der Waals surface area contributed by atoms with Crippen LogP contribution in [-0.2, 0) is 29.0 Å². The molecule has 0 saturated heterocycles. The molecule has 1 aromatic heterocycles. The van der Waals surface area contributed by atoms with Crippen molar-refractivity contribution in [1.29, 1.82) is 0 Å². The Morgan fingerprint density at radius 1 is 1.16 bits per heavy atom. The van der Waals surface area contributed by atoms with E-state index in [1.165, 1.54) is 40.5 Å². The van der Waals surface area contributed by atoms with Gasteiger partial charge in [0.05, 0.1) is 50.0 Å². The highest BCUT2D eigenvalue weighted by Gasteiger charge is 2.34. The van der Waals surface area contributed by atoms with Gasteiger partial charge in [0.15, 0.2) is 0 Å². The summed E-state index contributed by atoms with van der Waals surface area (Å²) >= 11 is 0. The molecule has 0 saturated carbocycles. The van der Waals surface area contributed by atoms with Crippen molar-refractivity contribution in [2.75, 3.05) is 71.3 Å². The molecule has 14 heteroatoms. The number of furan rings is 1. The number of ether oxygens (including phenoxy) is 4. The Morgan fingerprint density at radius 2 is 1.88 bits per heavy atom. The van der Waals surface area contributed by atoms with Crippen molar-refractivity contribution < 1.29 is 45.8 Å². The van der Waals surface area contributed by atoms with Gasteiger partial charge in [-0.2, -0.15) is 0 Å². The lowest BCUT2D eigenvalue weighted by atomic mass is 10.0. The first-order chi connectivity index (χ1) is 20.4. The number of likely N-dealkylation sites (N-methyl/N-ethyl adjacent to an activating group) is 1. The van der Waals surface area contributed by atoms with Crippen molar-refractivity contribution >= 4 is 38.7 Å². The Hall–Kier alpha value is -3.72. The van der Waals surface area contributed by atoms with Crippen LogP contribution in [0.25, 0.3) is 22.3 Å². The lowest BCUT2D eigenvalue weighted by Gasteiger charge is -2.25. The van der Waals surface area contributed by atoms with Crippen LogP contribution in [0.5, 0.6) is 0 Å². The van der Waals surface area contributed by atoms with Gasteiger partial charge >= 0.3 is 6.09 Å². The maximum atomic E-state index is 13.6. The zero-order chi connectivity index (χ0) is 31.3. The van der Waals surface area contributed by atoms with Crippen LogP contribution in [0, 0.1) is 5.82 Å². The standard InChI is InChI=1S/C29H36FN3O9S/c1-18-22-14-23-25(42-27(26(23)28(34)31-2)19-6-8-20(30)9-7-19)15-24(22)33(43(5,36)37)16-21(41-18)17-40-29(35)32(3)10-11-39-13-12-38-4/h6-9,14-15,18,21H,10-13,16-17H2,1-5H3,(H,31,34)/t18-,21-/m0/s1. The molecule has 3 aromatic rings. The minimum absolute atomic E-state index is 0.132. The Labute approximate surface area is 249 Å². The van der Waals surface area contributed by atoms with Crippen LogP contribution in [-0.4, -0.2) is 98.4 Å². The minimum atomic E-state index is -3.83. The van der Waals surface area contributed by atoms with Crippen LogP contribution in [0.3, 0.4) is 0 Å². The summed E-state index contributed by atoms with van der Waals surface area (Å²) in [6.07, 6.45) is -0.991. The summed E-state index contributed by atoms with van der Waals surface area (Å²) in [6, 6.07) is 8.73. The number of nitrogens with zero attached hydrogens (tertiary/aromatic N) is 2. The average molecular weight is 622 g/mol. The number of fused-ring (bicyclic) bond motifs is 2. The monoisotopic (exact) mass is 621 g/mol. The van der Waals surface area contributed by atoms with E-state index in [9.17, 15) is 22.4 Å². The first-order valence-corrected chi connectivity index (χ1v) is 15.5. The number of hydrogen-bond acceptors (Lipinski definition) is 9. The minimum Gasteiger partial charge on any atom is -0.455 e. The molecule has 2 atom stereocenters. The lowest BCUT2D eigenvalue weighted by molar-refractivity contribution is -0.0320. The Balaban J connectivity index is 1.63. The van der Waals surface area contributed by atoms with Gasteiger partial charge in [0.25, 0.3) is 5.91 Å². The number of rotatable bonds is 11. The molecule has 234 valence electrons. The quantitative estimate of drug-likeness (QED) is 0.319. The van der Waals surface area contributed by atoms with Crippen LogP contribution >= 0.6 is 0 Å². The van der Waals surface area contributed by atoms with E-state index in [1.54, 1.807) is 33.2 Å². The highest BCUT2D eigenvalue weighted by Crippen LogP contribution is 2.42. The number of amides is 2. The molecular formula is C29H36FN3O9S. The van der Waals surface area contributed by atoms with Crippen molar-refractivity contribution in [1.82, 2.24) is 10.2 Å². The highest BCUT2D eigenvalue weighted by atomic mass is 32.2. The number of anilines is 1. The van der Waals surface area contributed by atoms with E-state index in [0.29, 0.717) is 42.0 Å². The Bertz CT molecular complexity index is 1560. The van der Waals surface area contributed by atoms with Gasteiger partial charge in [-0.15, -0.1) is 0 Å². The van der Waals surface area contributed by atoms with Gasteiger partial charge in [0.1, 0.15) is 29.9 Å². The SMILES string of the molecule is CNC(=O)c1c(-c2ccc(F)cc2)oc2cc3c(cc12)[C@H](C)O[C@H](COC(=O)N(C)CCOCCOC)CN3S(C)(=O)=O. The van der Waals surface area contributed by atoms with Crippen LogP contribution < -0.4 is 9.62 Å². The van der Waals surface area contributed by atoms with Crippen molar-refractivity contribution in [3.8, 4) is 11.3 Å². The molecule has 1 N–H and O–H groups in total. The summed E-state index contributed by atoms with van der Waals surface area (Å²) in [5, 5.41) is 3.04. The van der Waals surface area contributed by atoms with Gasteiger partial charge in [-0.05, 0) is 37.3 Å². The number of carbonyl (C=O) groups excluding carboxylic acids is 2. The molecule has 12 nitrogen and oxygen atoms in total. The molecule has 2 aromatic carbocycles. The number of carbonyl (C=O) groups is 2. The normalized spacial score (nSPS) is 16.9. The molecule has 0 aliphatic carbocycles. The van der Waals surface area contributed by atoms with Crippen LogP contribution in [0.4, 0.5) is 14.9 Å². The van der Waals surface area contributed by atoms with E-state index in [1.807, 2.05) is 0 Å². The number of methoxy groups -OCH3 is 1. The highest BCUT2D eigenvalue weighted by molar-refractivity contribution is 7.92. The molecule has 4 rings (SSSR count). The van der Waals surface area contributed by atoms with Crippen molar-refractivity contribution in [2.45, 2.75) is 19.1 Å². The van der Waals surface area contributed by atoms with Gasteiger partial charge in [-0.25, -0.2) is 17.6 Å². The summed E-state index contributed by atoms with van der Waals surface area (Å²) in [4.78, 5) is 26.9. The lowest BCUT2D eigenvalue weighted by Crippen LogP contribution is -2.40. The fraction of sp³-hybridized carbons (Fsp3) is 0.448. The van der Waals surface area contributed by atoms with Crippen LogP contribution in [0.2, 0.25) is 0 Å². The molecule has 0 spiro atoms. The average Bonchev–Trinajstić information content (AvgIpc) is 3.28. The van der Waals surface area contributed by atoms with E-state index >= 15 is 0 Å². The zero-order valence-corrected chi connectivity index (χ0v) is 25.5. The first-order valence-electron chi connectivity index (χ1n) is 13.6. The number of hydrogen-bond donors (Lipinski definition) is 1. The first kappa shape index (κ1) is 32.2. The molecule has 0 unspecified atom stereocenters. The molecule has 2 amide bonds. The number of benzene rings is 2. The zero-order valence-electron chi connectivity index (χ0n) is 24.7. The molecule has 1 aliphatic heterocycles. The second-order valence-electron chi connectivity index (χ2n) is 10.1. The van der Waals surface area contributed by atoms with E-state index in [2.05, 4.69) is 5.32 Å². The maximum Gasteiger partial charge on any atom is 0.409 e. The smallest absolute Gasteiger partial charge is 0.409 e. The third kappa shape index (κ3) is 7.44. The summed E-state index contributed by atoms with van der Waals surface area (Å²) < 4.78 is 68.8.